The molecule has 0 unspecified atom stereocenters. The molecule has 1 fully saturated rings. The van der Waals surface area contributed by atoms with Gasteiger partial charge in [-0.1, -0.05) is 13.8 Å². The summed E-state index contributed by atoms with van der Waals surface area (Å²) in [5.41, 5.74) is 0. The summed E-state index contributed by atoms with van der Waals surface area (Å²) < 4.78 is 5.00. The highest BCUT2D eigenvalue weighted by Gasteiger charge is 2.28. The standard InChI is InChI=1S/C13H28N2O/c1-12(2)11-15(13-5-6-13)9-4-7-14-8-10-16-3/h12-14H,4-11H2,1-3H3. The maximum absolute atomic E-state index is 5.00. The summed E-state index contributed by atoms with van der Waals surface area (Å²) in [6.45, 7) is 10.1. The molecule has 0 bridgehead atoms. The van der Waals surface area contributed by atoms with E-state index in [0.717, 1.165) is 31.7 Å². The Bertz CT molecular complexity index is 169. The lowest BCUT2D eigenvalue weighted by molar-refractivity contribution is 0.197. The minimum Gasteiger partial charge on any atom is -0.383 e. The molecule has 1 aliphatic rings. The lowest BCUT2D eigenvalue weighted by Gasteiger charge is -2.23. The summed E-state index contributed by atoms with van der Waals surface area (Å²) in [5.74, 6) is 0.794. The van der Waals surface area contributed by atoms with E-state index in [-0.39, 0.29) is 0 Å². The van der Waals surface area contributed by atoms with Gasteiger partial charge in [-0.15, -0.1) is 0 Å². The molecular formula is C13H28N2O. The minimum atomic E-state index is 0.794. The second-order valence-electron chi connectivity index (χ2n) is 5.22. The molecule has 0 amide bonds. The normalized spacial score (nSPS) is 16.3. The average molecular weight is 228 g/mol. The van der Waals surface area contributed by atoms with Crippen LogP contribution in [0.5, 0.6) is 0 Å². The van der Waals surface area contributed by atoms with Gasteiger partial charge in [-0.25, -0.2) is 0 Å². The van der Waals surface area contributed by atoms with Crippen LogP contribution in [0.25, 0.3) is 0 Å². The fraction of sp³-hybridized carbons (Fsp3) is 1.00. The van der Waals surface area contributed by atoms with Crippen molar-refractivity contribution in [1.82, 2.24) is 10.2 Å². The first-order chi connectivity index (χ1) is 7.74. The lowest BCUT2D eigenvalue weighted by atomic mass is 10.2. The van der Waals surface area contributed by atoms with Crippen molar-refractivity contribution in [3.8, 4) is 0 Å². The molecule has 1 rings (SSSR count). The number of hydrogen-bond acceptors (Lipinski definition) is 3. The smallest absolute Gasteiger partial charge is 0.0587 e. The van der Waals surface area contributed by atoms with Crippen molar-refractivity contribution >= 4 is 0 Å². The van der Waals surface area contributed by atoms with E-state index >= 15 is 0 Å². The first-order valence-electron chi connectivity index (χ1n) is 6.67. The van der Waals surface area contributed by atoms with Gasteiger partial charge in [0.1, 0.15) is 0 Å². The van der Waals surface area contributed by atoms with Gasteiger partial charge in [0.15, 0.2) is 0 Å². The van der Waals surface area contributed by atoms with E-state index in [2.05, 4.69) is 24.1 Å². The van der Waals surface area contributed by atoms with Gasteiger partial charge in [0.05, 0.1) is 6.61 Å². The molecule has 0 atom stereocenters. The van der Waals surface area contributed by atoms with Gasteiger partial charge in [0, 0.05) is 26.2 Å². The van der Waals surface area contributed by atoms with E-state index in [0.29, 0.717) is 0 Å². The summed E-state index contributed by atoms with van der Waals surface area (Å²) in [5, 5.41) is 3.40. The van der Waals surface area contributed by atoms with Crippen molar-refractivity contribution in [2.75, 3.05) is 39.9 Å². The van der Waals surface area contributed by atoms with E-state index in [1.54, 1.807) is 7.11 Å². The van der Waals surface area contributed by atoms with Gasteiger partial charge in [0.2, 0.25) is 0 Å². The number of methoxy groups -OCH3 is 1. The SMILES string of the molecule is COCCNCCCN(CC(C)C)C1CC1. The van der Waals surface area contributed by atoms with Crippen LogP contribution < -0.4 is 5.32 Å². The van der Waals surface area contributed by atoms with E-state index in [1.165, 1.54) is 32.4 Å². The van der Waals surface area contributed by atoms with Crippen LogP contribution in [0, 0.1) is 5.92 Å². The molecule has 0 spiro atoms. The van der Waals surface area contributed by atoms with Crippen LogP contribution in [0.15, 0.2) is 0 Å². The largest absolute Gasteiger partial charge is 0.383 e. The van der Waals surface area contributed by atoms with Gasteiger partial charge in [0.25, 0.3) is 0 Å². The van der Waals surface area contributed by atoms with Crippen molar-refractivity contribution in [2.24, 2.45) is 5.92 Å². The lowest BCUT2D eigenvalue weighted by Crippen LogP contribution is -2.33. The summed E-state index contributed by atoms with van der Waals surface area (Å²) in [7, 11) is 1.75. The average Bonchev–Trinajstić information content (AvgIpc) is 3.04. The molecule has 0 aromatic rings. The summed E-state index contributed by atoms with van der Waals surface area (Å²) in [6.07, 6.45) is 4.10. The third-order valence-corrected chi connectivity index (χ3v) is 2.94. The predicted molar refractivity (Wildman–Crippen MR) is 68.8 cm³/mol. The predicted octanol–water partition coefficient (Wildman–Crippen LogP) is 1.73. The number of hydrogen-bond donors (Lipinski definition) is 1. The quantitative estimate of drug-likeness (QED) is 0.576. The van der Waals surface area contributed by atoms with E-state index in [1.807, 2.05) is 0 Å². The molecule has 1 N–H and O–H groups in total. The van der Waals surface area contributed by atoms with Gasteiger partial charge in [-0.3, -0.25) is 0 Å². The molecule has 0 heterocycles. The number of nitrogens with one attached hydrogen (secondary N) is 1. The second-order valence-corrected chi connectivity index (χ2v) is 5.22. The Labute approximate surface area is 101 Å². The van der Waals surface area contributed by atoms with E-state index < -0.39 is 0 Å². The van der Waals surface area contributed by atoms with Crippen molar-refractivity contribution in [1.29, 1.82) is 0 Å². The van der Waals surface area contributed by atoms with Crippen molar-refractivity contribution in [2.45, 2.75) is 39.2 Å². The topological polar surface area (TPSA) is 24.5 Å². The van der Waals surface area contributed by atoms with Crippen LogP contribution in [0.1, 0.15) is 33.1 Å². The third-order valence-electron chi connectivity index (χ3n) is 2.94. The minimum absolute atomic E-state index is 0.794. The third kappa shape index (κ3) is 6.46. The Morgan fingerprint density at radius 3 is 2.62 bits per heavy atom. The molecular weight excluding hydrogens is 200 g/mol. The Morgan fingerprint density at radius 2 is 2.06 bits per heavy atom. The van der Waals surface area contributed by atoms with Crippen molar-refractivity contribution in [3.63, 3.8) is 0 Å². The van der Waals surface area contributed by atoms with Gasteiger partial charge in [-0.05, 0) is 38.3 Å². The van der Waals surface area contributed by atoms with Gasteiger partial charge >= 0.3 is 0 Å². The molecule has 3 nitrogen and oxygen atoms in total. The van der Waals surface area contributed by atoms with Crippen LogP contribution in [-0.2, 0) is 4.74 Å². The zero-order valence-electron chi connectivity index (χ0n) is 11.2. The maximum atomic E-state index is 5.00. The fourth-order valence-corrected chi connectivity index (χ4v) is 2.04. The second kappa shape index (κ2) is 8.04. The first-order valence-corrected chi connectivity index (χ1v) is 6.67. The zero-order valence-corrected chi connectivity index (χ0v) is 11.2. The molecule has 1 saturated carbocycles. The van der Waals surface area contributed by atoms with Crippen LogP contribution in [-0.4, -0.2) is 50.8 Å². The summed E-state index contributed by atoms with van der Waals surface area (Å²) in [6, 6.07) is 0.904. The maximum Gasteiger partial charge on any atom is 0.0587 e. The van der Waals surface area contributed by atoms with Crippen LogP contribution in [0.4, 0.5) is 0 Å². The first kappa shape index (κ1) is 13.9. The highest BCUT2D eigenvalue weighted by molar-refractivity contribution is 4.84. The molecule has 1 aliphatic carbocycles. The Morgan fingerprint density at radius 1 is 1.31 bits per heavy atom. The number of ether oxygens (including phenoxy) is 1. The van der Waals surface area contributed by atoms with Crippen LogP contribution >= 0.6 is 0 Å². The highest BCUT2D eigenvalue weighted by Crippen LogP contribution is 2.27. The van der Waals surface area contributed by atoms with Crippen LogP contribution in [0.2, 0.25) is 0 Å². The fourth-order valence-electron chi connectivity index (χ4n) is 2.04. The van der Waals surface area contributed by atoms with Gasteiger partial charge in [-0.2, -0.15) is 0 Å². The molecule has 16 heavy (non-hydrogen) atoms. The molecule has 0 aromatic carbocycles. The molecule has 0 radical (unpaired) electrons. The monoisotopic (exact) mass is 228 g/mol. The Balaban J connectivity index is 1.99. The van der Waals surface area contributed by atoms with Gasteiger partial charge < -0.3 is 15.0 Å². The number of rotatable bonds is 10. The van der Waals surface area contributed by atoms with E-state index in [9.17, 15) is 0 Å². The number of nitrogens with zero attached hydrogens (tertiary/aromatic N) is 1. The van der Waals surface area contributed by atoms with Crippen molar-refractivity contribution in [3.05, 3.63) is 0 Å². The Kier molecular flexibility index (Phi) is 7.01. The molecule has 96 valence electrons. The van der Waals surface area contributed by atoms with E-state index in [4.69, 9.17) is 4.74 Å². The zero-order chi connectivity index (χ0) is 11.8. The molecule has 3 heteroatoms. The van der Waals surface area contributed by atoms with Crippen LogP contribution in [0.3, 0.4) is 0 Å². The Hall–Kier alpha value is -0.120. The molecule has 0 aliphatic heterocycles. The molecule has 0 aromatic heterocycles. The summed E-state index contributed by atoms with van der Waals surface area (Å²) in [4.78, 5) is 2.67. The molecule has 0 saturated heterocycles. The highest BCUT2D eigenvalue weighted by atomic mass is 16.5. The van der Waals surface area contributed by atoms with Crippen molar-refractivity contribution < 1.29 is 4.74 Å². The summed E-state index contributed by atoms with van der Waals surface area (Å²) >= 11 is 0.